The number of unbranched alkanes of at least 4 members (excludes halogenated alkanes) is 1. The molecule has 1 aromatic rings. The van der Waals surface area contributed by atoms with E-state index in [4.69, 9.17) is 0 Å². The first kappa shape index (κ1) is 15.5. The van der Waals surface area contributed by atoms with Crippen molar-refractivity contribution < 1.29 is 0 Å². The third-order valence-electron chi connectivity index (χ3n) is 4.37. The summed E-state index contributed by atoms with van der Waals surface area (Å²) >= 11 is 0. The maximum atomic E-state index is 3.64. The van der Waals surface area contributed by atoms with E-state index in [2.05, 4.69) is 47.6 Å². The summed E-state index contributed by atoms with van der Waals surface area (Å²) in [6, 6.07) is 11.6. The fraction of sp³-hybridized carbons (Fsp3) is 0.667. The van der Waals surface area contributed by atoms with Crippen LogP contribution in [-0.2, 0) is 6.42 Å². The van der Waals surface area contributed by atoms with Crippen LogP contribution in [0.1, 0.15) is 44.1 Å². The monoisotopic (exact) mass is 274 g/mol. The Kier molecular flexibility index (Phi) is 7.10. The van der Waals surface area contributed by atoms with Gasteiger partial charge in [-0.2, -0.15) is 0 Å². The lowest BCUT2D eigenvalue weighted by atomic mass is 10.0. The molecule has 1 atom stereocenters. The second-order valence-electron chi connectivity index (χ2n) is 6.18. The highest BCUT2D eigenvalue weighted by Gasteiger charge is 2.12. The number of aryl methyl sites for hydroxylation is 1. The maximum Gasteiger partial charge on any atom is 0.00792 e. The smallest absolute Gasteiger partial charge is 0.00792 e. The first-order valence-electron chi connectivity index (χ1n) is 8.30. The first-order chi connectivity index (χ1) is 9.84. The largest absolute Gasteiger partial charge is 0.314 e. The Bertz CT molecular complexity index is 344. The molecule has 2 rings (SSSR count). The van der Waals surface area contributed by atoms with Gasteiger partial charge < -0.3 is 10.2 Å². The Hall–Kier alpha value is -0.860. The Balaban J connectivity index is 1.50. The Morgan fingerprint density at radius 2 is 1.95 bits per heavy atom. The molecule has 0 spiro atoms. The van der Waals surface area contributed by atoms with Gasteiger partial charge in [-0.3, -0.25) is 0 Å². The van der Waals surface area contributed by atoms with Gasteiger partial charge in [-0.15, -0.1) is 0 Å². The zero-order chi connectivity index (χ0) is 14.0. The normalized spacial score (nSPS) is 19.4. The Morgan fingerprint density at radius 3 is 2.70 bits per heavy atom. The summed E-state index contributed by atoms with van der Waals surface area (Å²) in [5.74, 6) is 0. The third-order valence-corrected chi connectivity index (χ3v) is 4.37. The number of rotatable bonds is 8. The van der Waals surface area contributed by atoms with Crippen LogP contribution in [-0.4, -0.2) is 37.6 Å². The van der Waals surface area contributed by atoms with Crippen LogP contribution in [0, 0.1) is 0 Å². The van der Waals surface area contributed by atoms with Crippen LogP contribution in [0.4, 0.5) is 0 Å². The van der Waals surface area contributed by atoms with E-state index in [9.17, 15) is 0 Å². The average Bonchev–Trinajstić information content (AvgIpc) is 2.52. The van der Waals surface area contributed by atoms with Crippen molar-refractivity contribution in [2.45, 2.75) is 51.0 Å². The maximum absolute atomic E-state index is 3.64. The van der Waals surface area contributed by atoms with Crippen molar-refractivity contribution in [1.29, 1.82) is 0 Å². The van der Waals surface area contributed by atoms with Gasteiger partial charge in [-0.1, -0.05) is 36.8 Å². The Morgan fingerprint density at radius 1 is 1.10 bits per heavy atom. The van der Waals surface area contributed by atoms with Gasteiger partial charge in [0.25, 0.3) is 0 Å². The van der Waals surface area contributed by atoms with Crippen molar-refractivity contribution in [3.63, 3.8) is 0 Å². The molecule has 1 fully saturated rings. The zero-order valence-electron chi connectivity index (χ0n) is 13.0. The third kappa shape index (κ3) is 6.06. The number of nitrogens with zero attached hydrogens (tertiary/aromatic N) is 1. The molecule has 1 N–H and O–H groups in total. The summed E-state index contributed by atoms with van der Waals surface area (Å²) in [7, 11) is 2.27. The van der Waals surface area contributed by atoms with E-state index in [1.807, 2.05) is 0 Å². The van der Waals surface area contributed by atoms with Gasteiger partial charge in [0.1, 0.15) is 0 Å². The summed E-state index contributed by atoms with van der Waals surface area (Å²) in [4.78, 5) is 2.50. The van der Waals surface area contributed by atoms with Crippen molar-refractivity contribution in [1.82, 2.24) is 10.2 Å². The molecule has 1 aliphatic rings. The molecule has 1 aromatic carbocycles. The molecule has 1 aliphatic heterocycles. The summed E-state index contributed by atoms with van der Waals surface area (Å²) in [5.41, 5.74) is 1.47. The topological polar surface area (TPSA) is 15.3 Å². The van der Waals surface area contributed by atoms with Crippen molar-refractivity contribution in [3.8, 4) is 0 Å². The van der Waals surface area contributed by atoms with Gasteiger partial charge >= 0.3 is 0 Å². The summed E-state index contributed by atoms with van der Waals surface area (Å²) in [6.07, 6.45) is 9.31. The van der Waals surface area contributed by atoms with Crippen LogP contribution in [0.2, 0.25) is 0 Å². The summed E-state index contributed by atoms with van der Waals surface area (Å²) in [5, 5.41) is 3.64. The number of hydrogen-bond acceptors (Lipinski definition) is 2. The van der Waals surface area contributed by atoms with E-state index in [0.717, 1.165) is 6.04 Å². The van der Waals surface area contributed by atoms with E-state index < -0.39 is 0 Å². The molecule has 1 saturated heterocycles. The standard InChI is InChI=1S/C18H30N2/c1-20(16-13-18-12-5-7-14-19-18)15-8-6-11-17-9-3-2-4-10-17/h2-4,9-10,18-19H,5-8,11-16H2,1H3. The lowest BCUT2D eigenvalue weighted by Crippen LogP contribution is -2.36. The minimum atomic E-state index is 0.774. The van der Waals surface area contributed by atoms with Crippen molar-refractivity contribution in [2.75, 3.05) is 26.7 Å². The fourth-order valence-corrected chi connectivity index (χ4v) is 3.01. The van der Waals surface area contributed by atoms with Crippen LogP contribution in [0.3, 0.4) is 0 Å². The molecular weight excluding hydrogens is 244 g/mol. The molecule has 112 valence electrons. The molecular formula is C18H30N2. The Labute approximate surface area is 124 Å². The van der Waals surface area contributed by atoms with Crippen molar-refractivity contribution >= 4 is 0 Å². The number of piperidine rings is 1. The SMILES string of the molecule is CN(CCCCc1ccccc1)CCC1CCCCN1. The van der Waals surface area contributed by atoms with E-state index in [1.165, 1.54) is 70.1 Å². The number of nitrogens with one attached hydrogen (secondary N) is 1. The van der Waals surface area contributed by atoms with Gasteiger partial charge in [0.05, 0.1) is 0 Å². The van der Waals surface area contributed by atoms with E-state index in [1.54, 1.807) is 0 Å². The predicted octanol–water partition coefficient (Wildman–Crippen LogP) is 3.47. The molecule has 0 aliphatic carbocycles. The van der Waals surface area contributed by atoms with Crippen molar-refractivity contribution in [2.24, 2.45) is 0 Å². The summed E-state index contributed by atoms with van der Waals surface area (Å²) < 4.78 is 0. The van der Waals surface area contributed by atoms with Crippen LogP contribution < -0.4 is 5.32 Å². The molecule has 0 saturated carbocycles. The molecule has 1 heterocycles. The molecule has 0 bridgehead atoms. The number of hydrogen-bond donors (Lipinski definition) is 1. The van der Waals surface area contributed by atoms with Gasteiger partial charge in [0.15, 0.2) is 0 Å². The molecule has 2 heteroatoms. The average molecular weight is 274 g/mol. The highest BCUT2D eigenvalue weighted by atomic mass is 15.1. The fourth-order valence-electron chi connectivity index (χ4n) is 3.01. The zero-order valence-corrected chi connectivity index (χ0v) is 13.0. The van der Waals surface area contributed by atoms with Crippen molar-refractivity contribution in [3.05, 3.63) is 35.9 Å². The van der Waals surface area contributed by atoms with Crippen LogP contribution in [0.5, 0.6) is 0 Å². The van der Waals surface area contributed by atoms with Gasteiger partial charge in [-0.05, 0) is 70.8 Å². The van der Waals surface area contributed by atoms with E-state index in [-0.39, 0.29) is 0 Å². The molecule has 0 amide bonds. The van der Waals surface area contributed by atoms with Crippen LogP contribution in [0.15, 0.2) is 30.3 Å². The highest BCUT2D eigenvalue weighted by Crippen LogP contribution is 2.11. The lowest BCUT2D eigenvalue weighted by Gasteiger charge is -2.26. The quantitative estimate of drug-likeness (QED) is 0.730. The highest BCUT2D eigenvalue weighted by molar-refractivity contribution is 5.14. The van der Waals surface area contributed by atoms with Gasteiger partial charge in [0.2, 0.25) is 0 Å². The molecule has 0 aromatic heterocycles. The predicted molar refractivity (Wildman–Crippen MR) is 87.1 cm³/mol. The minimum absolute atomic E-state index is 0.774. The lowest BCUT2D eigenvalue weighted by molar-refractivity contribution is 0.283. The second kappa shape index (κ2) is 9.15. The van der Waals surface area contributed by atoms with Gasteiger partial charge in [-0.25, -0.2) is 0 Å². The molecule has 2 nitrogen and oxygen atoms in total. The summed E-state index contributed by atoms with van der Waals surface area (Å²) in [6.45, 7) is 3.70. The first-order valence-corrected chi connectivity index (χ1v) is 8.30. The molecule has 1 unspecified atom stereocenters. The van der Waals surface area contributed by atoms with Crippen LogP contribution in [0.25, 0.3) is 0 Å². The molecule has 20 heavy (non-hydrogen) atoms. The number of benzene rings is 1. The second-order valence-corrected chi connectivity index (χ2v) is 6.18. The van der Waals surface area contributed by atoms with E-state index >= 15 is 0 Å². The molecule has 0 radical (unpaired) electrons. The minimum Gasteiger partial charge on any atom is -0.314 e. The van der Waals surface area contributed by atoms with Gasteiger partial charge in [0, 0.05) is 6.04 Å². The van der Waals surface area contributed by atoms with E-state index in [0.29, 0.717) is 0 Å². The van der Waals surface area contributed by atoms with Crippen LogP contribution >= 0.6 is 0 Å².